The molecule has 0 aromatic heterocycles. The Morgan fingerprint density at radius 2 is 1.63 bits per heavy atom. The normalized spacial score (nSPS) is 11.0. The average molecular weight is 382 g/mol. The average Bonchev–Trinajstić information content (AvgIpc) is 2.67. The fraction of sp³-hybridized carbons (Fsp3) is 0.0952. The van der Waals surface area contributed by atoms with Gasteiger partial charge in [0.15, 0.2) is 12.0 Å². The first-order valence-corrected chi connectivity index (χ1v) is 9.66. The van der Waals surface area contributed by atoms with Crippen LogP contribution >= 0.6 is 0 Å². The maximum Gasteiger partial charge on any atom is 0.339 e. The molecule has 3 rings (SSSR count). The van der Waals surface area contributed by atoms with E-state index < -0.39 is 10.1 Å². The van der Waals surface area contributed by atoms with Crippen LogP contribution in [0.1, 0.15) is 21.5 Å². The molecule has 3 aromatic rings. The van der Waals surface area contributed by atoms with Crippen molar-refractivity contribution in [3.63, 3.8) is 0 Å². The number of aryl methyl sites for hydroxylation is 1. The molecule has 138 valence electrons. The number of benzene rings is 3. The second-order valence-electron chi connectivity index (χ2n) is 5.94. The smallest absolute Gasteiger partial charge is 0.339 e. The molecule has 0 bridgehead atoms. The molecule has 27 heavy (non-hydrogen) atoms. The largest absolute Gasteiger partial charge is 0.489 e. The van der Waals surface area contributed by atoms with E-state index in [4.69, 9.17) is 8.92 Å². The Morgan fingerprint density at radius 3 is 2.30 bits per heavy atom. The van der Waals surface area contributed by atoms with Gasteiger partial charge in [-0.3, -0.25) is 4.79 Å². The zero-order valence-electron chi connectivity index (χ0n) is 14.7. The Balaban J connectivity index is 1.83. The van der Waals surface area contributed by atoms with E-state index in [1.807, 2.05) is 37.3 Å². The summed E-state index contributed by atoms with van der Waals surface area (Å²) in [6.45, 7) is 2.17. The minimum absolute atomic E-state index is 0.0144. The van der Waals surface area contributed by atoms with E-state index in [-0.39, 0.29) is 16.2 Å². The van der Waals surface area contributed by atoms with Crippen LogP contribution in [0.4, 0.5) is 0 Å². The molecule has 3 aromatic carbocycles. The summed E-state index contributed by atoms with van der Waals surface area (Å²) in [5, 5.41) is 0. The lowest BCUT2D eigenvalue weighted by Crippen LogP contribution is -2.11. The number of carbonyl (C=O) groups excluding carboxylic acids is 1. The molecule has 0 heterocycles. The van der Waals surface area contributed by atoms with Crippen molar-refractivity contribution in [2.45, 2.75) is 18.4 Å². The van der Waals surface area contributed by atoms with Gasteiger partial charge in [0.05, 0.1) is 5.56 Å². The third-order valence-electron chi connectivity index (χ3n) is 3.87. The van der Waals surface area contributed by atoms with Gasteiger partial charge in [-0.1, -0.05) is 48.0 Å². The second kappa shape index (κ2) is 8.05. The van der Waals surface area contributed by atoms with Crippen LogP contribution in [0.15, 0.2) is 77.7 Å². The third kappa shape index (κ3) is 4.74. The molecule has 0 fully saturated rings. The minimum atomic E-state index is -4.06. The van der Waals surface area contributed by atoms with Gasteiger partial charge in [-0.05, 0) is 36.8 Å². The third-order valence-corrected chi connectivity index (χ3v) is 5.12. The standard InChI is InChI=1S/C21H18O5S/c1-16-7-11-20(12-8-16)27(23,24)26-21-13-19(10-9-18(21)14-22)25-15-17-5-3-2-4-6-17/h2-14H,15H2,1H3. The molecule has 0 aliphatic rings. The second-order valence-corrected chi connectivity index (χ2v) is 7.49. The van der Waals surface area contributed by atoms with Crippen molar-refractivity contribution in [1.82, 2.24) is 0 Å². The van der Waals surface area contributed by atoms with Crippen molar-refractivity contribution in [2.24, 2.45) is 0 Å². The van der Waals surface area contributed by atoms with Crippen LogP contribution in [0.5, 0.6) is 11.5 Å². The van der Waals surface area contributed by atoms with E-state index in [9.17, 15) is 13.2 Å². The summed E-state index contributed by atoms with van der Waals surface area (Å²) >= 11 is 0. The summed E-state index contributed by atoms with van der Waals surface area (Å²) in [5.41, 5.74) is 2.02. The van der Waals surface area contributed by atoms with Crippen LogP contribution in [0.3, 0.4) is 0 Å². The number of carbonyl (C=O) groups is 1. The lowest BCUT2D eigenvalue weighted by Gasteiger charge is -2.12. The molecule has 0 saturated heterocycles. The summed E-state index contributed by atoms with van der Waals surface area (Å²) in [5.74, 6) is 0.328. The predicted molar refractivity (Wildman–Crippen MR) is 102 cm³/mol. The summed E-state index contributed by atoms with van der Waals surface area (Å²) in [6.07, 6.45) is 0.543. The fourth-order valence-corrected chi connectivity index (χ4v) is 3.33. The van der Waals surface area contributed by atoms with Crippen LogP contribution in [0.25, 0.3) is 0 Å². The van der Waals surface area contributed by atoms with E-state index in [1.54, 1.807) is 18.2 Å². The number of rotatable bonds is 7. The first kappa shape index (κ1) is 18.7. The molecule has 6 heteroatoms. The first-order valence-electron chi connectivity index (χ1n) is 8.25. The topological polar surface area (TPSA) is 69.7 Å². The Morgan fingerprint density at radius 1 is 0.926 bits per heavy atom. The van der Waals surface area contributed by atoms with Crippen molar-refractivity contribution in [3.05, 3.63) is 89.5 Å². The summed E-state index contributed by atoms with van der Waals surface area (Å²) < 4.78 is 35.9. The highest BCUT2D eigenvalue weighted by atomic mass is 32.2. The van der Waals surface area contributed by atoms with Crippen molar-refractivity contribution in [1.29, 1.82) is 0 Å². The van der Waals surface area contributed by atoms with Crippen LogP contribution < -0.4 is 8.92 Å². The van der Waals surface area contributed by atoms with Gasteiger partial charge in [0.1, 0.15) is 17.3 Å². The zero-order chi connectivity index (χ0) is 19.3. The lowest BCUT2D eigenvalue weighted by atomic mass is 10.2. The SMILES string of the molecule is Cc1ccc(S(=O)(=O)Oc2cc(OCc3ccccc3)ccc2C=O)cc1. The molecular weight excluding hydrogens is 364 g/mol. The number of ether oxygens (including phenoxy) is 1. The van der Waals surface area contributed by atoms with E-state index in [1.165, 1.54) is 24.3 Å². The lowest BCUT2D eigenvalue weighted by molar-refractivity contribution is 0.112. The van der Waals surface area contributed by atoms with Gasteiger partial charge in [-0.25, -0.2) is 0 Å². The zero-order valence-corrected chi connectivity index (χ0v) is 15.5. The Hall–Kier alpha value is -3.12. The molecule has 0 amide bonds. The number of hydrogen-bond acceptors (Lipinski definition) is 5. The first-order chi connectivity index (χ1) is 13.0. The maximum atomic E-state index is 12.5. The summed E-state index contributed by atoms with van der Waals surface area (Å²) in [6, 6.07) is 20.3. The van der Waals surface area contributed by atoms with Crippen LogP contribution in [-0.2, 0) is 16.7 Å². The molecule has 0 atom stereocenters. The maximum absolute atomic E-state index is 12.5. The van der Waals surface area contributed by atoms with E-state index >= 15 is 0 Å². The molecule has 5 nitrogen and oxygen atoms in total. The van der Waals surface area contributed by atoms with Crippen molar-refractivity contribution < 1.29 is 22.1 Å². The number of hydrogen-bond donors (Lipinski definition) is 0. The van der Waals surface area contributed by atoms with Gasteiger partial charge in [0, 0.05) is 6.07 Å². The number of aldehydes is 1. The molecule has 0 unspecified atom stereocenters. The monoisotopic (exact) mass is 382 g/mol. The fourth-order valence-electron chi connectivity index (χ4n) is 2.39. The Kier molecular flexibility index (Phi) is 5.57. The van der Waals surface area contributed by atoms with E-state index in [0.717, 1.165) is 11.1 Å². The summed E-state index contributed by atoms with van der Waals surface area (Å²) in [7, 11) is -4.06. The quantitative estimate of drug-likeness (QED) is 0.453. The van der Waals surface area contributed by atoms with Crippen LogP contribution in [0, 0.1) is 6.92 Å². The highest BCUT2D eigenvalue weighted by Crippen LogP contribution is 2.27. The van der Waals surface area contributed by atoms with Gasteiger partial charge in [-0.2, -0.15) is 8.42 Å². The summed E-state index contributed by atoms with van der Waals surface area (Å²) in [4.78, 5) is 11.3. The van der Waals surface area contributed by atoms with E-state index in [0.29, 0.717) is 18.6 Å². The highest BCUT2D eigenvalue weighted by molar-refractivity contribution is 7.87. The van der Waals surface area contributed by atoms with Gasteiger partial charge >= 0.3 is 10.1 Å². The van der Waals surface area contributed by atoms with Gasteiger partial charge < -0.3 is 8.92 Å². The molecule has 0 aliphatic carbocycles. The molecule has 0 N–H and O–H groups in total. The van der Waals surface area contributed by atoms with Gasteiger partial charge in [0.2, 0.25) is 0 Å². The predicted octanol–water partition coefficient (Wildman–Crippen LogP) is 4.15. The van der Waals surface area contributed by atoms with Gasteiger partial charge in [-0.15, -0.1) is 0 Å². The highest BCUT2D eigenvalue weighted by Gasteiger charge is 2.19. The molecule has 0 spiro atoms. The van der Waals surface area contributed by atoms with E-state index in [2.05, 4.69) is 0 Å². The molecule has 0 aliphatic heterocycles. The molecular formula is C21H18O5S. The van der Waals surface area contributed by atoms with Gasteiger partial charge in [0.25, 0.3) is 0 Å². The molecule has 0 radical (unpaired) electrons. The van der Waals surface area contributed by atoms with Crippen molar-refractivity contribution in [2.75, 3.05) is 0 Å². The molecule has 0 saturated carbocycles. The Bertz CT molecular complexity index is 1030. The minimum Gasteiger partial charge on any atom is -0.489 e. The van der Waals surface area contributed by atoms with Crippen molar-refractivity contribution >= 4 is 16.4 Å². The Labute approximate surface area is 158 Å². The van der Waals surface area contributed by atoms with Crippen LogP contribution in [-0.4, -0.2) is 14.7 Å². The van der Waals surface area contributed by atoms with Crippen molar-refractivity contribution in [3.8, 4) is 11.5 Å². The van der Waals surface area contributed by atoms with Crippen LogP contribution in [0.2, 0.25) is 0 Å².